The van der Waals surface area contributed by atoms with Gasteiger partial charge in [-0.2, -0.15) is 0 Å². The average Bonchev–Trinajstić information content (AvgIpc) is 2.51. The van der Waals surface area contributed by atoms with Crippen LogP contribution in [0, 0.1) is 0 Å². The van der Waals surface area contributed by atoms with Crippen molar-refractivity contribution in [2.75, 3.05) is 0 Å². The fourth-order valence-electron chi connectivity index (χ4n) is 3.50. The predicted molar refractivity (Wildman–Crippen MR) is 87.4 cm³/mol. The van der Waals surface area contributed by atoms with E-state index >= 15 is 0 Å². The van der Waals surface area contributed by atoms with Gasteiger partial charge in [-0.05, 0) is 56.8 Å². The Labute approximate surface area is 128 Å². The summed E-state index contributed by atoms with van der Waals surface area (Å²) in [4.78, 5) is 0. The zero-order valence-electron chi connectivity index (χ0n) is 11.8. The molecule has 2 aromatic carbocycles. The topological polar surface area (TPSA) is 80.9 Å². The lowest BCUT2D eigenvalue weighted by molar-refractivity contribution is 0.417. The molecule has 2 aliphatic carbocycles. The lowest BCUT2D eigenvalue weighted by Gasteiger charge is -2.26. The molecule has 2 aromatic rings. The summed E-state index contributed by atoms with van der Waals surface area (Å²) in [5, 5.41) is 39.8. The van der Waals surface area contributed by atoms with Gasteiger partial charge in [-0.3, -0.25) is 0 Å². The van der Waals surface area contributed by atoms with Crippen LogP contribution in [-0.2, 0) is 12.8 Å². The molecule has 22 heavy (non-hydrogen) atoms. The molecule has 0 spiro atoms. The van der Waals surface area contributed by atoms with E-state index < -0.39 is 14.2 Å². The summed E-state index contributed by atoms with van der Waals surface area (Å²) in [6, 6.07) is 7.57. The maximum Gasteiger partial charge on any atom is 0.488 e. The van der Waals surface area contributed by atoms with Crippen molar-refractivity contribution in [2.45, 2.75) is 12.8 Å². The minimum absolute atomic E-state index is 0.497. The second-order valence-electron chi connectivity index (χ2n) is 5.88. The first kappa shape index (κ1) is 13.8. The number of hydrogen-bond acceptors (Lipinski definition) is 4. The van der Waals surface area contributed by atoms with Crippen LogP contribution in [0.4, 0.5) is 0 Å². The molecule has 0 radical (unpaired) electrons. The summed E-state index contributed by atoms with van der Waals surface area (Å²) in [6.07, 6.45) is 5.11. The Morgan fingerprint density at radius 1 is 0.909 bits per heavy atom. The number of allylic oxidation sites excluding steroid dienone is 4. The molecule has 0 bridgehead atoms. The minimum Gasteiger partial charge on any atom is -0.423 e. The van der Waals surface area contributed by atoms with Crippen LogP contribution in [0.25, 0.3) is 16.3 Å². The highest BCUT2D eigenvalue weighted by molar-refractivity contribution is 6.59. The maximum absolute atomic E-state index is 9.45. The van der Waals surface area contributed by atoms with Crippen LogP contribution in [-0.4, -0.2) is 34.3 Å². The van der Waals surface area contributed by atoms with Gasteiger partial charge in [0.05, 0.1) is 0 Å². The molecule has 0 heterocycles. The van der Waals surface area contributed by atoms with Gasteiger partial charge in [-0.1, -0.05) is 36.4 Å². The van der Waals surface area contributed by atoms with Crippen molar-refractivity contribution in [2.24, 2.45) is 0 Å². The maximum atomic E-state index is 9.45. The first-order valence-corrected chi connectivity index (χ1v) is 7.26. The smallest absolute Gasteiger partial charge is 0.423 e. The van der Waals surface area contributed by atoms with E-state index in [9.17, 15) is 20.1 Å². The highest BCUT2D eigenvalue weighted by atomic mass is 16.4. The first-order valence-electron chi connectivity index (χ1n) is 7.26. The highest BCUT2D eigenvalue weighted by Gasteiger charge is 2.27. The summed E-state index contributed by atoms with van der Waals surface area (Å²) in [5.74, 6) is 0. The van der Waals surface area contributed by atoms with E-state index in [1.54, 1.807) is 6.07 Å². The van der Waals surface area contributed by atoms with Gasteiger partial charge in [0, 0.05) is 0 Å². The third-order valence-electron chi connectivity index (χ3n) is 4.50. The molecule has 0 atom stereocenters. The fraction of sp³-hybridized carbons (Fsp3) is 0.125. The van der Waals surface area contributed by atoms with Crippen molar-refractivity contribution in [3.05, 3.63) is 58.6 Å². The Morgan fingerprint density at radius 3 is 2.45 bits per heavy atom. The van der Waals surface area contributed by atoms with Crippen LogP contribution in [0.15, 0.2) is 41.9 Å². The second-order valence-corrected chi connectivity index (χ2v) is 5.88. The van der Waals surface area contributed by atoms with E-state index in [1.807, 2.05) is 24.3 Å². The summed E-state index contributed by atoms with van der Waals surface area (Å²) in [5.41, 5.74) is 5.38. The number of hydrogen-bond donors (Lipinski definition) is 4. The molecule has 0 aliphatic heterocycles. The van der Waals surface area contributed by atoms with Crippen LogP contribution >= 0.6 is 0 Å². The molecule has 0 saturated carbocycles. The molecule has 0 fully saturated rings. The minimum atomic E-state index is -1.47. The Kier molecular flexibility index (Phi) is 3.03. The molecule has 4 N–H and O–H groups in total. The van der Waals surface area contributed by atoms with Gasteiger partial charge in [-0.15, -0.1) is 0 Å². The molecule has 108 valence electrons. The SMILES string of the molecule is OB(O)C1=CC2=CCc3cc(B(O)O)cc4ccc(c2c34)C1. The van der Waals surface area contributed by atoms with Gasteiger partial charge in [-0.25, -0.2) is 0 Å². The van der Waals surface area contributed by atoms with Crippen molar-refractivity contribution in [3.63, 3.8) is 0 Å². The van der Waals surface area contributed by atoms with Gasteiger partial charge in [0.2, 0.25) is 0 Å². The van der Waals surface area contributed by atoms with Gasteiger partial charge in [0.15, 0.2) is 0 Å². The third kappa shape index (κ3) is 1.96. The first-order chi connectivity index (χ1) is 10.5. The van der Waals surface area contributed by atoms with Gasteiger partial charge in [0.25, 0.3) is 0 Å². The summed E-state index contributed by atoms with van der Waals surface area (Å²) in [6.45, 7) is 0. The van der Waals surface area contributed by atoms with E-state index in [-0.39, 0.29) is 0 Å². The fourth-order valence-corrected chi connectivity index (χ4v) is 3.50. The summed E-state index contributed by atoms with van der Waals surface area (Å²) in [7, 11) is -2.91. The van der Waals surface area contributed by atoms with Crippen molar-refractivity contribution in [1.29, 1.82) is 0 Å². The molecule has 6 heteroatoms. The van der Waals surface area contributed by atoms with E-state index in [2.05, 4.69) is 6.08 Å². The average molecular weight is 292 g/mol. The van der Waals surface area contributed by atoms with Crippen molar-refractivity contribution in [1.82, 2.24) is 0 Å². The predicted octanol–water partition coefficient (Wildman–Crippen LogP) is -0.0464. The summed E-state index contributed by atoms with van der Waals surface area (Å²) >= 11 is 0. The molecule has 4 rings (SSSR count). The Balaban J connectivity index is 1.98. The monoisotopic (exact) mass is 292 g/mol. The lowest BCUT2D eigenvalue weighted by atomic mass is 9.68. The Morgan fingerprint density at radius 2 is 1.73 bits per heavy atom. The largest absolute Gasteiger partial charge is 0.488 e. The molecular weight excluding hydrogens is 278 g/mol. The Hall–Kier alpha value is -1.85. The van der Waals surface area contributed by atoms with E-state index in [0.29, 0.717) is 23.8 Å². The molecule has 2 aliphatic rings. The van der Waals surface area contributed by atoms with Crippen molar-refractivity contribution in [3.8, 4) is 0 Å². The molecule has 0 unspecified atom stereocenters. The second kappa shape index (κ2) is 4.83. The zero-order valence-corrected chi connectivity index (χ0v) is 11.8. The van der Waals surface area contributed by atoms with Crippen molar-refractivity contribution < 1.29 is 20.1 Å². The lowest BCUT2D eigenvalue weighted by Crippen LogP contribution is -2.30. The van der Waals surface area contributed by atoms with E-state index in [1.165, 1.54) is 0 Å². The highest BCUT2D eigenvalue weighted by Crippen LogP contribution is 2.39. The molecule has 0 amide bonds. The molecule has 0 saturated heterocycles. The quantitative estimate of drug-likeness (QED) is 0.585. The van der Waals surface area contributed by atoms with Crippen LogP contribution in [0.3, 0.4) is 0 Å². The van der Waals surface area contributed by atoms with Crippen LogP contribution in [0.1, 0.15) is 16.7 Å². The molecule has 4 nitrogen and oxygen atoms in total. The van der Waals surface area contributed by atoms with Gasteiger partial charge in [0.1, 0.15) is 0 Å². The molecule has 0 aromatic heterocycles. The zero-order chi connectivity index (χ0) is 15.4. The number of rotatable bonds is 2. The standard InChI is InChI=1S/C16H14B2O4/c19-17(20)13-5-9-1-2-10-6-14(18(21)22)8-12-4-3-11(7-13)15(9)16(10)12/h1-3,6-8,19-22H,4-5H2. The van der Waals surface area contributed by atoms with Gasteiger partial charge >= 0.3 is 14.2 Å². The van der Waals surface area contributed by atoms with E-state index in [0.717, 1.165) is 33.0 Å². The third-order valence-corrected chi connectivity index (χ3v) is 4.50. The Bertz CT molecular complexity index is 853. The van der Waals surface area contributed by atoms with Gasteiger partial charge < -0.3 is 20.1 Å². The number of benzene rings is 2. The van der Waals surface area contributed by atoms with E-state index in [4.69, 9.17) is 0 Å². The van der Waals surface area contributed by atoms with Crippen LogP contribution < -0.4 is 5.46 Å². The normalized spacial score (nSPS) is 15.5. The van der Waals surface area contributed by atoms with Crippen molar-refractivity contribution >= 4 is 36.0 Å². The van der Waals surface area contributed by atoms with Crippen LogP contribution in [0.2, 0.25) is 0 Å². The van der Waals surface area contributed by atoms with Crippen LogP contribution in [0.5, 0.6) is 0 Å². The molecular formula is C16H14B2O4. The summed E-state index contributed by atoms with van der Waals surface area (Å²) < 4.78 is 0.